The number of halogens is 2. The Morgan fingerprint density at radius 1 is 1.29 bits per heavy atom. The first kappa shape index (κ1) is 11.4. The van der Waals surface area contributed by atoms with E-state index >= 15 is 0 Å². The molecular formula is C11H10Cl2O. The van der Waals surface area contributed by atoms with Gasteiger partial charge in [-0.05, 0) is 25.1 Å². The van der Waals surface area contributed by atoms with E-state index in [4.69, 9.17) is 28.3 Å². The van der Waals surface area contributed by atoms with E-state index in [-0.39, 0.29) is 0 Å². The third-order valence-corrected chi connectivity index (χ3v) is 1.93. The molecule has 0 aliphatic rings. The molecule has 1 nitrogen and oxygen atoms in total. The summed E-state index contributed by atoms with van der Waals surface area (Å²) in [5, 5.41) is 10.1. The van der Waals surface area contributed by atoms with E-state index in [0.717, 1.165) is 5.56 Å². The molecule has 1 unspecified atom stereocenters. The molecule has 0 aromatic heterocycles. The van der Waals surface area contributed by atoms with Gasteiger partial charge >= 0.3 is 0 Å². The second-order valence-electron chi connectivity index (χ2n) is 3.01. The normalized spacial score (nSPS) is 11.7. The summed E-state index contributed by atoms with van der Waals surface area (Å²) < 4.78 is 0. The van der Waals surface area contributed by atoms with E-state index in [0.29, 0.717) is 16.5 Å². The second-order valence-corrected chi connectivity index (χ2v) is 3.89. The standard InChI is InChI=1S/C11H10Cl2O/c1-8(14)3-2-4-9-5-10(12)7-11(13)6-9/h5-8,14H,3H2,1H3. The summed E-state index contributed by atoms with van der Waals surface area (Å²) in [4.78, 5) is 0. The van der Waals surface area contributed by atoms with Gasteiger partial charge in [-0.2, -0.15) is 0 Å². The molecule has 0 bridgehead atoms. The lowest BCUT2D eigenvalue weighted by atomic mass is 10.2. The van der Waals surface area contributed by atoms with Crippen LogP contribution in [0, 0.1) is 11.8 Å². The van der Waals surface area contributed by atoms with Crippen molar-refractivity contribution < 1.29 is 5.11 Å². The van der Waals surface area contributed by atoms with Gasteiger partial charge in [0.1, 0.15) is 0 Å². The highest BCUT2D eigenvalue weighted by molar-refractivity contribution is 6.34. The Morgan fingerprint density at radius 2 is 1.86 bits per heavy atom. The molecular weight excluding hydrogens is 219 g/mol. The second kappa shape index (κ2) is 5.26. The SMILES string of the molecule is CC(O)CC#Cc1cc(Cl)cc(Cl)c1. The lowest BCUT2D eigenvalue weighted by Gasteiger charge is -1.95. The van der Waals surface area contributed by atoms with Crippen LogP contribution in [0.15, 0.2) is 18.2 Å². The van der Waals surface area contributed by atoms with Crippen LogP contribution in [0.1, 0.15) is 18.9 Å². The van der Waals surface area contributed by atoms with Crippen LogP contribution in [0.2, 0.25) is 10.0 Å². The molecule has 0 aliphatic carbocycles. The van der Waals surface area contributed by atoms with Gasteiger partial charge in [-0.1, -0.05) is 35.0 Å². The summed E-state index contributed by atoms with van der Waals surface area (Å²) in [6.07, 6.45) is 0.0431. The predicted molar refractivity (Wildman–Crippen MR) is 59.6 cm³/mol. The summed E-state index contributed by atoms with van der Waals surface area (Å²) in [6, 6.07) is 5.13. The minimum atomic E-state index is -0.405. The van der Waals surface area contributed by atoms with E-state index < -0.39 is 6.10 Å². The Hall–Kier alpha value is -0.680. The van der Waals surface area contributed by atoms with Crippen molar-refractivity contribution in [2.45, 2.75) is 19.4 Å². The smallest absolute Gasteiger partial charge is 0.0621 e. The first-order chi connectivity index (χ1) is 6.58. The minimum Gasteiger partial charge on any atom is -0.392 e. The van der Waals surface area contributed by atoms with Gasteiger partial charge in [-0.15, -0.1) is 0 Å². The summed E-state index contributed by atoms with van der Waals surface area (Å²) in [5.41, 5.74) is 0.767. The van der Waals surface area contributed by atoms with Crippen molar-refractivity contribution in [1.82, 2.24) is 0 Å². The number of aliphatic hydroxyl groups is 1. The maximum absolute atomic E-state index is 8.98. The van der Waals surface area contributed by atoms with Gasteiger partial charge in [0.05, 0.1) is 6.10 Å². The molecule has 1 aromatic rings. The lowest BCUT2D eigenvalue weighted by molar-refractivity contribution is 0.201. The number of hydrogen-bond acceptors (Lipinski definition) is 1. The van der Waals surface area contributed by atoms with Crippen molar-refractivity contribution in [3.63, 3.8) is 0 Å². The Balaban J connectivity index is 2.79. The molecule has 0 aliphatic heterocycles. The number of hydrogen-bond donors (Lipinski definition) is 1. The number of aliphatic hydroxyl groups excluding tert-OH is 1. The van der Waals surface area contributed by atoms with E-state index in [1.165, 1.54) is 0 Å². The zero-order chi connectivity index (χ0) is 10.6. The Morgan fingerprint density at radius 3 is 2.36 bits per heavy atom. The summed E-state index contributed by atoms with van der Waals surface area (Å²) in [6.45, 7) is 1.69. The van der Waals surface area contributed by atoms with Crippen LogP contribution in [0.25, 0.3) is 0 Å². The monoisotopic (exact) mass is 228 g/mol. The van der Waals surface area contributed by atoms with Crippen molar-refractivity contribution in [2.24, 2.45) is 0 Å². The molecule has 0 heterocycles. The van der Waals surface area contributed by atoms with Gasteiger partial charge < -0.3 is 5.11 Å². The highest BCUT2D eigenvalue weighted by Gasteiger charge is 1.95. The first-order valence-electron chi connectivity index (χ1n) is 4.21. The first-order valence-corrected chi connectivity index (χ1v) is 4.96. The Labute approximate surface area is 93.7 Å². The van der Waals surface area contributed by atoms with E-state index in [2.05, 4.69) is 11.8 Å². The Kier molecular flexibility index (Phi) is 4.28. The van der Waals surface area contributed by atoms with Crippen LogP contribution in [-0.4, -0.2) is 11.2 Å². The molecule has 1 N–H and O–H groups in total. The zero-order valence-corrected chi connectivity index (χ0v) is 9.23. The van der Waals surface area contributed by atoms with E-state index in [1.807, 2.05) is 0 Å². The summed E-state index contributed by atoms with van der Waals surface area (Å²) >= 11 is 11.6. The topological polar surface area (TPSA) is 20.2 Å². The highest BCUT2D eigenvalue weighted by Crippen LogP contribution is 2.18. The maximum atomic E-state index is 8.98. The molecule has 3 heteroatoms. The van der Waals surface area contributed by atoms with E-state index in [1.54, 1.807) is 25.1 Å². The third kappa shape index (κ3) is 4.02. The fourth-order valence-corrected chi connectivity index (χ4v) is 1.45. The van der Waals surface area contributed by atoms with Gasteiger partial charge in [0.2, 0.25) is 0 Å². The molecule has 1 aromatic carbocycles. The molecule has 1 rings (SSSR count). The van der Waals surface area contributed by atoms with Gasteiger partial charge in [-0.25, -0.2) is 0 Å². The van der Waals surface area contributed by atoms with Crippen LogP contribution in [-0.2, 0) is 0 Å². The fourth-order valence-electron chi connectivity index (χ4n) is 0.927. The number of benzene rings is 1. The molecule has 14 heavy (non-hydrogen) atoms. The summed E-state index contributed by atoms with van der Waals surface area (Å²) in [5.74, 6) is 5.72. The molecule has 74 valence electrons. The largest absolute Gasteiger partial charge is 0.392 e. The van der Waals surface area contributed by atoms with Crippen LogP contribution in [0.3, 0.4) is 0 Å². The van der Waals surface area contributed by atoms with Crippen LogP contribution < -0.4 is 0 Å². The van der Waals surface area contributed by atoms with Gasteiger partial charge in [0, 0.05) is 22.0 Å². The molecule has 0 saturated carbocycles. The number of rotatable bonds is 1. The average Bonchev–Trinajstić information content (AvgIpc) is 2.01. The van der Waals surface area contributed by atoms with Gasteiger partial charge in [0.15, 0.2) is 0 Å². The Bertz CT molecular complexity index is 354. The third-order valence-electron chi connectivity index (χ3n) is 1.49. The lowest BCUT2D eigenvalue weighted by Crippen LogP contribution is -1.95. The molecule has 0 spiro atoms. The summed E-state index contributed by atoms with van der Waals surface area (Å²) in [7, 11) is 0. The van der Waals surface area contributed by atoms with Crippen LogP contribution in [0.4, 0.5) is 0 Å². The zero-order valence-electron chi connectivity index (χ0n) is 7.72. The van der Waals surface area contributed by atoms with Crippen molar-refractivity contribution >= 4 is 23.2 Å². The average molecular weight is 229 g/mol. The molecule has 0 amide bonds. The van der Waals surface area contributed by atoms with Crippen molar-refractivity contribution in [1.29, 1.82) is 0 Å². The van der Waals surface area contributed by atoms with E-state index in [9.17, 15) is 0 Å². The fraction of sp³-hybridized carbons (Fsp3) is 0.273. The molecule has 1 atom stereocenters. The highest BCUT2D eigenvalue weighted by atomic mass is 35.5. The van der Waals surface area contributed by atoms with Gasteiger partial charge in [0.25, 0.3) is 0 Å². The molecule has 0 saturated heterocycles. The quantitative estimate of drug-likeness (QED) is 0.733. The van der Waals surface area contributed by atoms with Gasteiger partial charge in [-0.3, -0.25) is 0 Å². The molecule has 0 radical (unpaired) electrons. The minimum absolute atomic E-state index is 0.405. The van der Waals surface area contributed by atoms with Crippen molar-refractivity contribution in [2.75, 3.05) is 0 Å². The predicted octanol–water partition coefficient (Wildman–Crippen LogP) is 3.12. The van der Waals surface area contributed by atoms with Crippen LogP contribution >= 0.6 is 23.2 Å². The molecule has 0 fully saturated rings. The van der Waals surface area contributed by atoms with Crippen molar-refractivity contribution in [3.8, 4) is 11.8 Å². The van der Waals surface area contributed by atoms with Crippen LogP contribution in [0.5, 0.6) is 0 Å². The maximum Gasteiger partial charge on any atom is 0.0621 e. The van der Waals surface area contributed by atoms with Crippen molar-refractivity contribution in [3.05, 3.63) is 33.8 Å².